The van der Waals surface area contributed by atoms with Crippen molar-refractivity contribution in [2.75, 3.05) is 19.5 Å². The second kappa shape index (κ2) is 3.74. The van der Waals surface area contributed by atoms with Crippen LogP contribution in [0.2, 0.25) is 0 Å². The van der Waals surface area contributed by atoms with Crippen LogP contribution in [0.5, 0.6) is 11.8 Å². The van der Waals surface area contributed by atoms with Gasteiger partial charge in [0.2, 0.25) is 11.8 Å². The minimum Gasteiger partial charge on any atom is -0.481 e. The van der Waals surface area contributed by atoms with Crippen LogP contribution in [0.4, 0.5) is 5.69 Å². The SMILES string of the molecule is COc1ccc(N)c(OCC2CC2)n1. The van der Waals surface area contributed by atoms with Crippen molar-refractivity contribution < 1.29 is 9.47 Å². The molecule has 1 aromatic rings. The average Bonchev–Trinajstić information content (AvgIpc) is 3.00. The summed E-state index contributed by atoms with van der Waals surface area (Å²) in [6.45, 7) is 0.713. The van der Waals surface area contributed by atoms with Gasteiger partial charge in [-0.1, -0.05) is 0 Å². The first-order chi connectivity index (χ1) is 6.79. The van der Waals surface area contributed by atoms with Crippen LogP contribution in [0.25, 0.3) is 0 Å². The lowest BCUT2D eigenvalue weighted by molar-refractivity contribution is 0.284. The zero-order valence-electron chi connectivity index (χ0n) is 8.19. The van der Waals surface area contributed by atoms with Gasteiger partial charge in [0.05, 0.1) is 19.4 Å². The normalized spacial score (nSPS) is 15.2. The van der Waals surface area contributed by atoms with Crippen LogP contribution in [-0.4, -0.2) is 18.7 Å². The van der Waals surface area contributed by atoms with E-state index in [0.29, 0.717) is 30.0 Å². The van der Waals surface area contributed by atoms with Crippen molar-refractivity contribution in [1.29, 1.82) is 0 Å². The summed E-state index contributed by atoms with van der Waals surface area (Å²) in [5, 5.41) is 0. The number of anilines is 1. The van der Waals surface area contributed by atoms with Crippen LogP contribution in [-0.2, 0) is 0 Å². The highest BCUT2D eigenvalue weighted by Gasteiger charge is 2.22. The Labute approximate surface area is 83.0 Å². The van der Waals surface area contributed by atoms with Crippen LogP contribution < -0.4 is 15.2 Å². The summed E-state index contributed by atoms with van der Waals surface area (Å²) in [6, 6.07) is 3.47. The van der Waals surface area contributed by atoms with Crippen LogP contribution in [0, 0.1) is 5.92 Å². The van der Waals surface area contributed by atoms with Gasteiger partial charge in [0, 0.05) is 6.07 Å². The number of hydrogen-bond acceptors (Lipinski definition) is 4. The van der Waals surface area contributed by atoms with Gasteiger partial charge in [-0.2, -0.15) is 4.98 Å². The lowest BCUT2D eigenvalue weighted by Gasteiger charge is -2.08. The highest BCUT2D eigenvalue weighted by atomic mass is 16.5. The standard InChI is InChI=1S/C10H14N2O2/c1-13-9-5-4-8(11)10(12-9)14-6-7-2-3-7/h4-5,7H,2-3,6,11H2,1H3. The Morgan fingerprint density at radius 2 is 2.29 bits per heavy atom. The van der Waals surface area contributed by atoms with Crippen molar-refractivity contribution in [2.24, 2.45) is 5.92 Å². The van der Waals surface area contributed by atoms with E-state index in [1.807, 2.05) is 0 Å². The number of methoxy groups -OCH3 is 1. The Balaban J connectivity index is 2.04. The molecule has 0 unspecified atom stereocenters. The molecule has 1 aliphatic rings. The van der Waals surface area contributed by atoms with Gasteiger partial charge in [-0.3, -0.25) is 0 Å². The second-order valence-electron chi connectivity index (χ2n) is 3.50. The molecule has 0 atom stereocenters. The lowest BCUT2D eigenvalue weighted by Crippen LogP contribution is -2.04. The maximum atomic E-state index is 5.71. The van der Waals surface area contributed by atoms with E-state index in [9.17, 15) is 0 Å². The zero-order chi connectivity index (χ0) is 9.97. The molecule has 4 nitrogen and oxygen atoms in total. The molecule has 0 spiro atoms. The van der Waals surface area contributed by atoms with Gasteiger partial charge in [-0.15, -0.1) is 0 Å². The van der Waals surface area contributed by atoms with E-state index in [1.54, 1.807) is 19.2 Å². The maximum absolute atomic E-state index is 5.71. The van der Waals surface area contributed by atoms with Crippen molar-refractivity contribution >= 4 is 5.69 Å². The molecule has 2 rings (SSSR count). The Bertz CT molecular complexity index is 324. The third kappa shape index (κ3) is 2.07. The minimum atomic E-state index is 0.483. The van der Waals surface area contributed by atoms with Crippen LogP contribution in [0.1, 0.15) is 12.8 Å². The molecule has 0 saturated heterocycles. The largest absolute Gasteiger partial charge is 0.481 e. The van der Waals surface area contributed by atoms with E-state index in [4.69, 9.17) is 15.2 Å². The monoisotopic (exact) mass is 194 g/mol. The molecule has 1 heterocycles. The van der Waals surface area contributed by atoms with Crippen molar-refractivity contribution in [3.05, 3.63) is 12.1 Å². The topological polar surface area (TPSA) is 57.4 Å². The molecule has 14 heavy (non-hydrogen) atoms. The summed E-state index contributed by atoms with van der Waals surface area (Å²) in [6.07, 6.45) is 2.51. The predicted molar refractivity (Wildman–Crippen MR) is 53.4 cm³/mol. The molecule has 1 aliphatic carbocycles. The summed E-state index contributed by atoms with van der Waals surface area (Å²) in [5.74, 6) is 1.71. The molecule has 1 aromatic heterocycles. The first-order valence-corrected chi connectivity index (χ1v) is 4.73. The molecule has 0 radical (unpaired) electrons. The first-order valence-electron chi connectivity index (χ1n) is 4.73. The van der Waals surface area contributed by atoms with Crippen molar-refractivity contribution in [3.8, 4) is 11.8 Å². The fourth-order valence-electron chi connectivity index (χ4n) is 1.14. The van der Waals surface area contributed by atoms with E-state index in [-0.39, 0.29) is 0 Å². The Morgan fingerprint density at radius 1 is 1.50 bits per heavy atom. The highest BCUT2D eigenvalue weighted by molar-refractivity contribution is 5.49. The number of rotatable bonds is 4. The van der Waals surface area contributed by atoms with Crippen LogP contribution in [0.3, 0.4) is 0 Å². The van der Waals surface area contributed by atoms with Gasteiger partial charge >= 0.3 is 0 Å². The van der Waals surface area contributed by atoms with Gasteiger partial charge < -0.3 is 15.2 Å². The van der Waals surface area contributed by atoms with E-state index in [1.165, 1.54) is 12.8 Å². The van der Waals surface area contributed by atoms with Gasteiger partial charge in [0.1, 0.15) is 0 Å². The molecule has 4 heteroatoms. The Hall–Kier alpha value is -1.45. The molecule has 2 N–H and O–H groups in total. The average molecular weight is 194 g/mol. The molecular weight excluding hydrogens is 180 g/mol. The van der Waals surface area contributed by atoms with E-state index in [0.717, 1.165) is 0 Å². The number of pyridine rings is 1. The number of nitrogen functional groups attached to an aromatic ring is 1. The third-order valence-corrected chi connectivity index (χ3v) is 2.23. The van der Waals surface area contributed by atoms with Gasteiger partial charge in [0.25, 0.3) is 0 Å². The number of hydrogen-bond donors (Lipinski definition) is 1. The Kier molecular flexibility index (Phi) is 2.43. The first kappa shape index (κ1) is 9.12. The molecule has 0 aromatic carbocycles. The Morgan fingerprint density at radius 3 is 2.93 bits per heavy atom. The van der Waals surface area contributed by atoms with Crippen molar-refractivity contribution in [1.82, 2.24) is 4.98 Å². The van der Waals surface area contributed by atoms with E-state index in [2.05, 4.69) is 4.98 Å². The van der Waals surface area contributed by atoms with Gasteiger partial charge in [0.15, 0.2) is 0 Å². The van der Waals surface area contributed by atoms with Crippen LogP contribution in [0.15, 0.2) is 12.1 Å². The van der Waals surface area contributed by atoms with E-state index < -0.39 is 0 Å². The molecular formula is C10H14N2O2. The number of nitrogens with two attached hydrogens (primary N) is 1. The van der Waals surface area contributed by atoms with Gasteiger partial charge in [-0.25, -0.2) is 0 Å². The van der Waals surface area contributed by atoms with E-state index >= 15 is 0 Å². The number of aromatic nitrogens is 1. The fraction of sp³-hybridized carbons (Fsp3) is 0.500. The van der Waals surface area contributed by atoms with Crippen molar-refractivity contribution in [3.63, 3.8) is 0 Å². The fourth-order valence-corrected chi connectivity index (χ4v) is 1.14. The van der Waals surface area contributed by atoms with Crippen molar-refractivity contribution in [2.45, 2.75) is 12.8 Å². The maximum Gasteiger partial charge on any atom is 0.240 e. The lowest BCUT2D eigenvalue weighted by atomic mass is 10.4. The number of ether oxygens (including phenoxy) is 2. The molecule has 0 aliphatic heterocycles. The number of nitrogens with zero attached hydrogens (tertiary/aromatic N) is 1. The summed E-state index contributed by atoms with van der Waals surface area (Å²) < 4.78 is 10.5. The minimum absolute atomic E-state index is 0.483. The highest BCUT2D eigenvalue weighted by Crippen LogP contribution is 2.30. The molecule has 0 bridgehead atoms. The zero-order valence-corrected chi connectivity index (χ0v) is 8.19. The summed E-state index contributed by atoms with van der Waals surface area (Å²) in [7, 11) is 1.57. The molecule has 76 valence electrons. The quantitative estimate of drug-likeness (QED) is 0.788. The molecule has 0 amide bonds. The molecule has 1 fully saturated rings. The second-order valence-corrected chi connectivity index (χ2v) is 3.50. The van der Waals surface area contributed by atoms with Crippen LogP contribution >= 0.6 is 0 Å². The van der Waals surface area contributed by atoms with Gasteiger partial charge in [-0.05, 0) is 24.8 Å². The smallest absolute Gasteiger partial charge is 0.240 e. The predicted octanol–water partition coefficient (Wildman–Crippen LogP) is 1.46. The summed E-state index contributed by atoms with van der Waals surface area (Å²) >= 11 is 0. The third-order valence-electron chi connectivity index (χ3n) is 2.23. The summed E-state index contributed by atoms with van der Waals surface area (Å²) in [5.41, 5.74) is 6.27. The summed E-state index contributed by atoms with van der Waals surface area (Å²) in [4.78, 5) is 4.12. The molecule has 1 saturated carbocycles.